The molecule has 6 heteroatoms. The normalized spacial score (nSPS) is 13.0. The minimum Gasteiger partial charge on any atom is -0.444 e. The second-order valence-corrected chi connectivity index (χ2v) is 4.46. The molecule has 19 heavy (non-hydrogen) atoms. The summed E-state index contributed by atoms with van der Waals surface area (Å²) in [5.41, 5.74) is 7.18. The van der Waals surface area contributed by atoms with Gasteiger partial charge >= 0.3 is 0 Å². The van der Waals surface area contributed by atoms with Crippen molar-refractivity contribution in [2.45, 2.75) is 19.9 Å². The molecule has 2 heterocycles. The highest BCUT2D eigenvalue weighted by Gasteiger charge is 2.19. The smallest absolute Gasteiger partial charge is 0.217 e. The molecule has 98 valence electrons. The molecule has 0 aliphatic heterocycles. The van der Waals surface area contributed by atoms with Gasteiger partial charge in [0.05, 0.1) is 17.2 Å². The van der Waals surface area contributed by atoms with Crippen molar-refractivity contribution in [1.29, 1.82) is 0 Å². The molecule has 1 atom stereocenters. The van der Waals surface area contributed by atoms with Crippen LogP contribution in [0, 0.1) is 12.7 Å². The Morgan fingerprint density at radius 2 is 2.21 bits per heavy atom. The van der Waals surface area contributed by atoms with E-state index in [2.05, 4.69) is 9.97 Å². The van der Waals surface area contributed by atoms with Gasteiger partial charge in [0.15, 0.2) is 0 Å². The lowest BCUT2D eigenvalue weighted by atomic mass is 10.2. The van der Waals surface area contributed by atoms with Crippen LogP contribution >= 0.6 is 0 Å². The second-order valence-electron chi connectivity index (χ2n) is 4.46. The lowest BCUT2D eigenvalue weighted by molar-refractivity contribution is 0.421. The molecule has 0 fully saturated rings. The number of hydrogen-bond donors (Lipinski definition) is 1. The summed E-state index contributed by atoms with van der Waals surface area (Å²) in [6, 6.07) is 4.19. The van der Waals surface area contributed by atoms with Crippen molar-refractivity contribution >= 4 is 17.0 Å². The number of rotatable bonds is 2. The molecule has 0 amide bonds. The summed E-state index contributed by atoms with van der Waals surface area (Å²) < 4.78 is 20.5. The fraction of sp³-hybridized carbons (Fsp3) is 0.231. The number of halogens is 1. The maximum absolute atomic E-state index is 13.2. The Bertz CT molecular complexity index is 746. The fourth-order valence-corrected chi connectivity index (χ4v) is 2.17. The molecule has 2 aromatic heterocycles. The van der Waals surface area contributed by atoms with E-state index in [1.165, 1.54) is 12.1 Å². The quantitative estimate of drug-likeness (QED) is 0.769. The van der Waals surface area contributed by atoms with Crippen LogP contribution < -0.4 is 5.73 Å². The zero-order valence-electron chi connectivity index (χ0n) is 10.6. The van der Waals surface area contributed by atoms with E-state index >= 15 is 0 Å². The molecule has 3 rings (SSSR count). The van der Waals surface area contributed by atoms with Gasteiger partial charge in [-0.15, -0.1) is 0 Å². The number of aromatic nitrogens is 3. The predicted octanol–water partition coefficient (Wildman–Crippen LogP) is 2.66. The number of nitrogens with zero attached hydrogens (tertiary/aromatic N) is 3. The van der Waals surface area contributed by atoms with Gasteiger partial charge in [0, 0.05) is 6.07 Å². The molecule has 1 unspecified atom stereocenters. The molecule has 0 aliphatic rings. The Balaban J connectivity index is 2.16. The summed E-state index contributed by atoms with van der Waals surface area (Å²) in [7, 11) is 0. The highest BCUT2D eigenvalue weighted by atomic mass is 19.1. The van der Waals surface area contributed by atoms with Crippen LogP contribution in [0.1, 0.15) is 24.6 Å². The van der Waals surface area contributed by atoms with Gasteiger partial charge in [-0.2, -0.15) is 0 Å². The van der Waals surface area contributed by atoms with Crippen LogP contribution in [-0.2, 0) is 0 Å². The number of aryl methyl sites for hydroxylation is 1. The van der Waals surface area contributed by atoms with Crippen LogP contribution in [0.15, 0.2) is 28.8 Å². The van der Waals surface area contributed by atoms with Gasteiger partial charge in [-0.25, -0.2) is 14.4 Å². The van der Waals surface area contributed by atoms with Crippen LogP contribution in [0.3, 0.4) is 0 Å². The van der Waals surface area contributed by atoms with Crippen molar-refractivity contribution in [3.05, 3.63) is 41.9 Å². The molecule has 0 saturated carbocycles. The molecule has 0 bridgehead atoms. The molecular formula is C13H13FN4O. The lowest BCUT2D eigenvalue weighted by Gasteiger charge is -2.12. The van der Waals surface area contributed by atoms with Crippen molar-refractivity contribution in [3.8, 4) is 0 Å². The van der Waals surface area contributed by atoms with E-state index in [4.69, 9.17) is 10.2 Å². The van der Waals surface area contributed by atoms with Gasteiger partial charge in [-0.05, 0) is 26.0 Å². The number of hydrogen-bond acceptors (Lipinski definition) is 4. The molecule has 0 radical (unpaired) electrons. The number of fused-ring (bicyclic) bond motifs is 1. The highest BCUT2D eigenvalue weighted by molar-refractivity contribution is 5.78. The Morgan fingerprint density at radius 1 is 1.42 bits per heavy atom. The third-order valence-electron chi connectivity index (χ3n) is 3.06. The first-order valence-electron chi connectivity index (χ1n) is 5.91. The number of oxazole rings is 1. The van der Waals surface area contributed by atoms with Gasteiger partial charge in [0.25, 0.3) is 0 Å². The zero-order valence-corrected chi connectivity index (χ0v) is 10.6. The van der Waals surface area contributed by atoms with Crippen molar-refractivity contribution in [1.82, 2.24) is 14.5 Å². The van der Waals surface area contributed by atoms with Gasteiger partial charge in [0.1, 0.15) is 17.6 Å². The number of nitrogens with two attached hydrogens (primary N) is 1. The summed E-state index contributed by atoms with van der Waals surface area (Å²) in [6.45, 7) is 3.74. The Hall–Kier alpha value is -2.37. The molecule has 0 spiro atoms. The topological polar surface area (TPSA) is 69.9 Å². The van der Waals surface area contributed by atoms with Crippen molar-refractivity contribution in [3.63, 3.8) is 0 Å². The fourth-order valence-electron chi connectivity index (χ4n) is 2.17. The second kappa shape index (κ2) is 4.08. The van der Waals surface area contributed by atoms with Gasteiger partial charge < -0.3 is 10.2 Å². The minimum absolute atomic E-state index is 0.204. The zero-order chi connectivity index (χ0) is 13.6. The maximum Gasteiger partial charge on any atom is 0.217 e. The molecule has 5 nitrogen and oxygen atoms in total. The van der Waals surface area contributed by atoms with Crippen LogP contribution in [0.5, 0.6) is 0 Å². The third kappa shape index (κ3) is 1.85. The SMILES string of the molecule is Cc1cnc(C(C)n2c(N)nc3cc(F)ccc32)o1. The largest absolute Gasteiger partial charge is 0.444 e. The first kappa shape index (κ1) is 11.7. The van der Waals surface area contributed by atoms with E-state index < -0.39 is 0 Å². The summed E-state index contributed by atoms with van der Waals surface area (Å²) >= 11 is 0. The molecule has 1 aromatic carbocycles. The van der Waals surface area contributed by atoms with E-state index in [-0.39, 0.29) is 11.9 Å². The lowest BCUT2D eigenvalue weighted by Crippen LogP contribution is -2.10. The van der Waals surface area contributed by atoms with E-state index in [0.29, 0.717) is 17.4 Å². The van der Waals surface area contributed by atoms with Gasteiger partial charge in [-0.1, -0.05) is 0 Å². The van der Waals surface area contributed by atoms with E-state index in [0.717, 1.165) is 11.3 Å². The Labute approximate surface area is 108 Å². The van der Waals surface area contributed by atoms with Gasteiger partial charge in [-0.3, -0.25) is 4.57 Å². The third-order valence-corrected chi connectivity index (χ3v) is 3.06. The number of benzene rings is 1. The first-order chi connectivity index (χ1) is 9.06. The van der Waals surface area contributed by atoms with E-state index in [1.807, 2.05) is 13.8 Å². The number of anilines is 1. The maximum atomic E-state index is 13.2. The average Bonchev–Trinajstić information content (AvgIpc) is 2.91. The molecule has 0 aliphatic carbocycles. The summed E-state index contributed by atoms with van der Waals surface area (Å²) in [5.74, 6) is 1.25. The van der Waals surface area contributed by atoms with E-state index in [9.17, 15) is 4.39 Å². The van der Waals surface area contributed by atoms with Crippen LogP contribution in [0.25, 0.3) is 11.0 Å². The van der Waals surface area contributed by atoms with Crippen LogP contribution in [-0.4, -0.2) is 14.5 Å². The molecule has 0 saturated heterocycles. The monoisotopic (exact) mass is 260 g/mol. The van der Waals surface area contributed by atoms with Crippen molar-refractivity contribution in [2.24, 2.45) is 0 Å². The average molecular weight is 260 g/mol. The van der Waals surface area contributed by atoms with Crippen LogP contribution in [0.4, 0.5) is 10.3 Å². The summed E-state index contributed by atoms with van der Waals surface area (Å²) in [6.07, 6.45) is 1.65. The van der Waals surface area contributed by atoms with Crippen molar-refractivity contribution < 1.29 is 8.81 Å². The highest BCUT2D eigenvalue weighted by Crippen LogP contribution is 2.27. The Kier molecular flexibility index (Phi) is 2.51. The number of imidazole rings is 1. The summed E-state index contributed by atoms with van der Waals surface area (Å²) in [4.78, 5) is 8.35. The van der Waals surface area contributed by atoms with Gasteiger partial charge in [0.2, 0.25) is 11.8 Å². The van der Waals surface area contributed by atoms with Crippen molar-refractivity contribution in [2.75, 3.05) is 5.73 Å². The Morgan fingerprint density at radius 3 is 2.89 bits per heavy atom. The predicted molar refractivity (Wildman–Crippen MR) is 69.2 cm³/mol. The molecule has 3 aromatic rings. The summed E-state index contributed by atoms with van der Waals surface area (Å²) in [5, 5.41) is 0. The minimum atomic E-state index is -0.336. The molecular weight excluding hydrogens is 247 g/mol. The first-order valence-corrected chi connectivity index (χ1v) is 5.91. The molecule has 2 N–H and O–H groups in total. The van der Waals surface area contributed by atoms with E-state index in [1.54, 1.807) is 16.8 Å². The standard InChI is InChI=1S/C13H13FN4O/c1-7-6-16-12(19-7)8(2)18-11-4-3-9(14)5-10(11)17-13(18)15/h3-6,8H,1-2H3,(H2,15,17). The van der Waals surface area contributed by atoms with Crippen LogP contribution in [0.2, 0.25) is 0 Å². The number of nitrogen functional groups attached to an aromatic ring is 1.